The maximum Gasteiger partial charge on any atom is 0.314 e. The summed E-state index contributed by atoms with van der Waals surface area (Å²) in [5, 5.41) is 156. The molecule has 11 rings (SSSR count). The van der Waals surface area contributed by atoms with Crippen LogP contribution in [-0.2, 0) is 80.6 Å². The Morgan fingerprint density at radius 2 is 1.10 bits per heavy atom. The number of carbonyl (C=O) groups excluding carboxylic acids is 2. The number of aliphatic hydroxyl groups is 14. The molecule has 97 heavy (non-hydrogen) atoms. The van der Waals surface area contributed by atoms with E-state index in [4.69, 9.17) is 71.1 Å². The Hall–Kier alpha value is -2.50. The van der Waals surface area contributed by atoms with Crippen LogP contribution >= 0.6 is 0 Å². The molecule has 31 heteroatoms. The number of cyclic esters (lactones) is 1. The van der Waals surface area contributed by atoms with Crippen molar-refractivity contribution in [2.75, 3.05) is 47.3 Å². The molecule has 1 spiro atoms. The first-order valence-electron chi connectivity index (χ1n) is 34.1. The first kappa shape index (κ1) is 75.7. The van der Waals surface area contributed by atoms with Crippen molar-refractivity contribution in [3.8, 4) is 0 Å². The second kappa shape index (κ2) is 29.2. The number of carbonyl (C=O) groups is 2. The van der Waals surface area contributed by atoms with Crippen LogP contribution in [-0.4, -0.2) is 314 Å². The average molecular weight is 1390 g/mol. The number of fused-ring (bicyclic) bond motifs is 4. The Kier molecular flexibility index (Phi) is 22.8. The third kappa shape index (κ3) is 13.1. The van der Waals surface area contributed by atoms with Crippen LogP contribution in [0.1, 0.15) is 106 Å². The summed E-state index contributed by atoms with van der Waals surface area (Å²) in [4.78, 5) is 29.1. The zero-order valence-electron chi connectivity index (χ0n) is 56.4. The van der Waals surface area contributed by atoms with Gasteiger partial charge >= 0.3 is 5.97 Å². The molecule has 11 aliphatic rings. The molecule has 6 unspecified atom stereocenters. The van der Waals surface area contributed by atoms with E-state index in [1.807, 2.05) is 13.8 Å². The first-order valence-corrected chi connectivity index (χ1v) is 34.1. The van der Waals surface area contributed by atoms with E-state index in [9.17, 15) is 81.1 Å². The number of rotatable bonds is 21. The molecule has 31 nitrogen and oxygen atoms in total. The van der Waals surface area contributed by atoms with Gasteiger partial charge in [-0.25, -0.2) is 0 Å². The Labute approximate surface area is 562 Å². The van der Waals surface area contributed by atoms with E-state index in [2.05, 4.69) is 40.3 Å². The van der Waals surface area contributed by atoms with Crippen LogP contribution in [0.15, 0.2) is 23.8 Å². The van der Waals surface area contributed by atoms with Crippen LogP contribution in [0.5, 0.6) is 0 Å². The van der Waals surface area contributed by atoms with E-state index < -0.39 is 244 Å². The van der Waals surface area contributed by atoms with E-state index in [1.54, 1.807) is 0 Å². The number of hydrogen-bond acceptors (Lipinski definition) is 31. The Balaban J connectivity index is 0.828. The van der Waals surface area contributed by atoms with Crippen molar-refractivity contribution in [1.82, 2.24) is 0 Å². The van der Waals surface area contributed by atoms with Gasteiger partial charge in [-0.2, -0.15) is 0 Å². The van der Waals surface area contributed by atoms with Crippen molar-refractivity contribution in [1.29, 1.82) is 0 Å². The molecular formula is C66H104O31. The number of aliphatic hydroxyl groups excluding tert-OH is 14. The standard InChI is InChI=1S/C66H104O31/c1-26(2)12-11-17-65(8)54-30(70)20-64(7)29-13-14-36-62(4,5)37(16-18-63(36,6)28(29)15-19-66(54,64)61(82)97-65)92-60-53(41(75)35(25-86-60)91-57-47(81)52(40(74)34(23-69)88-57)95-59-46(80)51(84-10)39(73)33(22-68)90-59)96-56-43(77)42(76)48(27(3)87-56)93-55-44(78)49(31(71)24-85-55)94-58-45(79)50(83-9)38(72)32(21-67)89-58/h15,27,29,31-60,67-69,71-81H,1,11-14,16-25H2,2-10H3/t27-,29?,31+,32-,33-,34-,35-,36?,37?,38-,39-,40-,41-,42-,43-,44-,45-,46-,47-,48-,49-,50+,51+,52-,53-,54?,55+,56+,57+,58+,59+,60+,63?,64+,65+,66?/m1/s1. The lowest BCUT2D eigenvalue weighted by Crippen LogP contribution is -2.67. The van der Waals surface area contributed by atoms with Gasteiger partial charge in [-0.1, -0.05) is 44.9 Å². The summed E-state index contributed by atoms with van der Waals surface area (Å²) in [6, 6.07) is 0. The van der Waals surface area contributed by atoms with Gasteiger partial charge in [-0.05, 0) is 100 Å². The van der Waals surface area contributed by atoms with Crippen LogP contribution in [0.25, 0.3) is 0 Å². The molecule has 36 atom stereocenters. The molecule has 0 bridgehead atoms. The molecule has 0 aromatic rings. The fraction of sp³-hybridized carbons (Fsp3) is 0.909. The predicted octanol–water partition coefficient (Wildman–Crippen LogP) is -3.27. The molecule has 554 valence electrons. The smallest absolute Gasteiger partial charge is 0.314 e. The van der Waals surface area contributed by atoms with E-state index in [-0.39, 0.29) is 30.0 Å². The Morgan fingerprint density at radius 3 is 1.69 bits per heavy atom. The van der Waals surface area contributed by atoms with Crippen LogP contribution in [0.2, 0.25) is 0 Å². The maximum atomic E-state index is 14.6. The zero-order valence-corrected chi connectivity index (χ0v) is 56.4. The lowest BCUT2D eigenvalue weighted by molar-refractivity contribution is -0.394. The van der Waals surface area contributed by atoms with Crippen molar-refractivity contribution >= 4 is 11.8 Å². The molecule has 0 radical (unpaired) electrons. The highest BCUT2D eigenvalue weighted by Gasteiger charge is 2.79. The highest BCUT2D eigenvalue weighted by atomic mass is 16.8. The van der Waals surface area contributed by atoms with Gasteiger partial charge in [0.1, 0.15) is 140 Å². The molecule has 7 aliphatic heterocycles. The fourth-order valence-corrected chi connectivity index (χ4v) is 18.8. The average Bonchev–Trinajstić information content (AvgIpc) is 1.51. The topological polar surface area (TPSA) is 456 Å². The van der Waals surface area contributed by atoms with E-state index in [1.165, 1.54) is 26.7 Å². The van der Waals surface area contributed by atoms with Crippen molar-refractivity contribution in [2.24, 2.45) is 39.4 Å². The Bertz CT molecular complexity index is 2780. The number of methoxy groups -OCH3 is 2. The summed E-state index contributed by atoms with van der Waals surface area (Å²) in [5.74, 6) is -0.990. The summed E-state index contributed by atoms with van der Waals surface area (Å²) in [6.07, 6.45) is -39.4. The summed E-state index contributed by atoms with van der Waals surface area (Å²) in [5.41, 5.74) is -1.55. The van der Waals surface area contributed by atoms with Crippen LogP contribution < -0.4 is 0 Å². The second-order valence-corrected chi connectivity index (χ2v) is 30.2. The van der Waals surface area contributed by atoms with E-state index in [0.717, 1.165) is 18.4 Å². The monoisotopic (exact) mass is 1390 g/mol. The summed E-state index contributed by atoms with van der Waals surface area (Å²) in [6.45, 7) is 14.6. The van der Waals surface area contributed by atoms with E-state index in [0.29, 0.717) is 38.5 Å². The van der Waals surface area contributed by atoms with Gasteiger partial charge in [0.25, 0.3) is 0 Å². The third-order valence-corrected chi connectivity index (χ3v) is 24.0. The van der Waals surface area contributed by atoms with Gasteiger partial charge in [0.2, 0.25) is 0 Å². The number of Topliss-reactive ketones (excluding diaryl/α,β-unsaturated/α-hetero) is 1. The van der Waals surface area contributed by atoms with Crippen LogP contribution in [0.4, 0.5) is 0 Å². The van der Waals surface area contributed by atoms with Crippen molar-refractivity contribution < 1.29 is 152 Å². The largest absolute Gasteiger partial charge is 0.458 e. The van der Waals surface area contributed by atoms with Crippen molar-refractivity contribution in [2.45, 2.75) is 290 Å². The minimum Gasteiger partial charge on any atom is -0.458 e. The molecular weight excluding hydrogens is 1290 g/mol. The molecule has 0 aromatic heterocycles. The number of esters is 1. The summed E-state index contributed by atoms with van der Waals surface area (Å²) in [7, 11) is 2.39. The minimum atomic E-state index is -2.03. The molecule has 0 amide bonds. The number of ketones is 1. The van der Waals surface area contributed by atoms with Crippen molar-refractivity contribution in [3.05, 3.63) is 23.8 Å². The molecule has 7 heterocycles. The minimum absolute atomic E-state index is 0.0511. The fourth-order valence-electron chi connectivity index (χ4n) is 18.8. The van der Waals surface area contributed by atoms with Crippen molar-refractivity contribution in [3.63, 3.8) is 0 Å². The van der Waals surface area contributed by atoms with Gasteiger partial charge < -0.3 is 143 Å². The van der Waals surface area contributed by atoms with Crippen LogP contribution in [0.3, 0.4) is 0 Å². The third-order valence-electron chi connectivity index (χ3n) is 24.0. The van der Waals surface area contributed by atoms with Crippen LogP contribution in [0, 0.1) is 39.4 Å². The summed E-state index contributed by atoms with van der Waals surface area (Å²) < 4.78 is 89.9. The molecule has 3 saturated carbocycles. The highest BCUT2D eigenvalue weighted by molar-refractivity contribution is 5.99. The van der Waals surface area contributed by atoms with Gasteiger partial charge in [0.15, 0.2) is 37.7 Å². The van der Waals surface area contributed by atoms with Gasteiger partial charge in [0, 0.05) is 20.6 Å². The molecule has 7 saturated heterocycles. The SMILES string of the molecule is C=C(C)CCC[C@]1(C)OC(=O)C23CC=C4C(CCC5C4(C)CCC(O[C@@H]4OC[C@@H](O[C@@H]6O[C@H](CO)[C@@H](O)[C@@H](O[C@@H]7O[C@H](CO)[C@@H](O)[C@H](OC)[C@H]7O)[C@H]6O)[C@@H](O)[C@H]4O[C@@H]4O[C@H](C)[C@@H](O[C@@H]6OC[C@H](O)[C@@H](O[C@@H]7O[C@H](CO)[C@@H](O)[C@H](OC)[C@H]7O)[C@H]6O)[C@H](O)[C@H]4O)C5(C)C)[C@]2(C)CC(=O)C31. The lowest BCUT2D eigenvalue weighted by Gasteiger charge is -2.63. The second-order valence-electron chi connectivity index (χ2n) is 30.2. The Morgan fingerprint density at radius 1 is 0.577 bits per heavy atom. The van der Waals surface area contributed by atoms with Gasteiger partial charge in [-0.15, -0.1) is 6.58 Å². The quantitative estimate of drug-likeness (QED) is 0.0305. The van der Waals surface area contributed by atoms with Gasteiger partial charge in [0.05, 0.1) is 56.6 Å². The number of ether oxygens (including phenoxy) is 15. The molecule has 0 aromatic carbocycles. The lowest BCUT2D eigenvalue weighted by atomic mass is 9.41. The number of hydrogen-bond donors (Lipinski definition) is 14. The summed E-state index contributed by atoms with van der Waals surface area (Å²) >= 11 is 0. The van der Waals surface area contributed by atoms with Gasteiger partial charge in [-0.3, -0.25) is 9.59 Å². The molecule has 14 N–H and O–H groups in total. The highest BCUT2D eigenvalue weighted by Crippen LogP contribution is 2.75. The molecule has 10 fully saturated rings. The first-order chi connectivity index (χ1) is 45.8. The normalized spacial score (nSPS) is 52.1. The zero-order chi connectivity index (χ0) is 70.5. The maximum absolute atomic E-state index is 14.6. The predicted molar refractivity (Wildman–Crippen MR) is 325 cm³/mol. The number of allylic oxidation sites excluding steroid dienone is 3. The van der Waals surface area contributed by atoms with E-state index >= 15 is 0 Å². The molecule has 4 aliphatic carbocycles.